The Bertz CT molecular complexity index is 1060. The van der Waals surface area contributed by atoms with E-state index in [1.807, 2.05) is 30.3 Å². The number of oxazole rings is 1. The van der Waals surface area contributed by atoms with Crippen molar-refractivity contribution in [2.75, 3.05) is 5.32 Å². The number of hydrogen-bond donors (Lipinski definition) is 1. The summed E-state index contributed by atoms with van der Waals surface area (Å²) in [5, 5.41) is 6.91. The third-order valence-electron chi connectivity index (χ3n) is 3.89. The van der Waals surface area contributed by atoms with Crippen LogP contribution in [0.3, 0.4) is 0 Å². The lowest BCUT2D eigenvalue weighted by atomic mass is 10.1. The lowest BCUT2D eigenvalue weighted by Gasteiger charge is -2.05. The second-order valence-electron chi connectivity index (χ2n) is 5.70. The predicted octanol–water partition coefficient (Wildman–Crippen LogP) is 4.35. The number of aryl methyl sites for hydroxylation is 2. The van der Waals surface area contributed by atoms with Gasteiger partial charge in [-0.05, 0) is 25.1 Å². The predicted molar refractivity (Wildman–Crippen MR) is 93.4 cm³/mol. The molecule has 0 aliphatic heterocycles. The van der Waals surface area contributed by atoms with Gasteiger partial charge in [-0.1, -0.05) is 35.5 Å². The Kier molecular flexibility index (Phi) is 3.57. The van der Waals surface area contributed by atoms with Gasteiger partial charge in [0.25, 0.3) is 5.91 Å². The van der Waals surface area contributed by atoms with Crippen molar-refractivity contribution in [2.45, 2.75) is 13.8 Å². The van der Waals surface area contributed by atoms with Gasteiger partial charge in [0.05, 0.1) is 0 Å². The van der Waals surface area contributed by atoms with Gasteiger partial charge in [-0.25, -0.2) is 4.98 Å². The minimum Gasteiger partial charge on any atom is -0.441 e. The van der Waals surface area contributed by atoms with E-state index in [1.165, 1.54) is 0 Å². The fourth-order valence-electron chi connectivity index (χ4n) is 2.75. The van der Waals surface area contributed by atoms with E-state index in [0.717, 1.165) is 5.56 Å². The van der Waals surface area contributed by atoms with Gasteiger partial charge in [-0.3, -0.25) is 4.79 Å². The second kappa shape index (κ2) is 5.90. The molecule has 2 aromatic carbocycles. The van der Waals surface area contributed by atoms with Crippen LogP contribution in [0.2, 0.25) is 0 Å². The van der Waals surface area contributed by atoms with Crippen LogP contribution in [0.1, 0.15) is 22.0 Å². The van der Waals surface area contributed by atoms with Gasteiger partial charge in [0.15, 0.2) is 11.5 Å². The molecular weight excluding hydrogens is 318 g/mol. The highest BCUT2D eigenvalue weighted by Crippen LogP contribution is 2.26. The molecule has 1 N–H and O–H groups in total. The molecule has 0 saturated carbocycles. The Hall–Kier alpha value is -3.41. The molecular formula is C19H15N3O3. The number of fused-ring (bicyclic) bond motifs is 1. The monoisotopic (exact) mass is 333 g/mol. The summed E-state index contributed by atoms with van der Waals surface area (Å²) in [4.78, 5) is 17.1. The average Bonchev–Trinajstić information content (AvgIpc) is 3.17. The summed E-state index contributed by atoms with van der Waals surface area (Å²) < 4.78 is 10.7. The number of amides is 1. The zero-order valence-electron chi connectivity index (χ0n) is 13.7. The van der Waals surface area contributed by atoms with Gasteiger partial charge in [0.1, 0.15) is 22.5 Å². The van der Waals surface area contributed by atoms with Gasteiger partial charge < -0.3 is 14.3 Å². The number of carbonyl (C=O) groups is 1. The van der Waals surface area contributed by atoms with Gasteiger partial charge in [-0.15, -0.1) is 0 Å². The SMILES string of the molecule is Cc1nc2cc(NC(=O)c3c(-c4ccccc4)noc3C)ccc2o1. The highest BCUT2D eigenvalue weighted by molar-refractivity contribution is 6.09. The van der Waals surface area contributed by atoms with E-state index in [2.05, 4.69) is 15.5 Å². The van der Waals surface area contributed by atoms with Crippen LogP contribution in [0.25, 0.3) is 22.4 Å². The fourth-order valence-corrected chi connectivity index (χ4v) is 2.75. The van der Waals surface area contributed by atoms with Crippen LogP contribution in [0.4, 0.5) is 5.69 Å². The van der Waals surface area contributed by atoms with Crippen LogP contribution >= 0.6 is 0 Å². The Balaban J connectivity index is 1.68. The summed E-state index contributed by atoms with van der Waals surface area (Å²) in [7, 11) is 0. The van der Waals surface area contributed by atoms with Crippen molar-refractivity contribution >= 4 is 22.7 Å². The molecule has 0 saturated heterocycles. The number of carbonyl (C=O) groups excluding carboxylic acids is 1. The Morgan fingerprint density at radius 2 is 1.88 bits per heavy atom. The first-order chi connectivity index (χ1) is 12.1. The summed E-state index contributed by atoms with van der Waals surface area (Å²) in [6.07, 6.45) is 0. The minimum atomic E-state index is -0.280. The quantitative estimate of drug-likeness (QED) is 0.603. The maximum atomic E-state index is 12.8. The number of aromatic nitrogens is 2. The Morgan fingerprint density at radius 3 is 2.68 bits per heavy atom. The normalized spacial score (nSPS) is 11.0. The first kappa shape index (κ1) is 15.1. The van der Waals surface area contributed by atoms with Crippen molar-refractivity contribution in [3.05, 3.63) is 65.7 Å². The van der Waals surface area contributed by atoms with Gasteiger partial charge >= 0.3 is 0 Å². The van der Waals surface area contributed by atoms with E-state index < -0.39 is 0 Å². The smallest absolute Gasteiger partial charge is 0.261 e. The van der Waals surface area contributed by atoms with E-state index in [9.17, 15) is 4.79 Å². The summed E-state index contributed by atoms with van der Waals surface area (Å²) >= 11 is 0. The van der Waals surface area contributed by atoms with E-state index in [-0.39, 0.29) is 5.91 Å². The van der Waals surface area contributed by atoms with Crippen molar-refractivity contribution in [2.24, 2.45) is 0 Å². The molecule has 0 fully saturated rings. The molecule has 25 heavy (non-hydrogen) atoms. The van der Waals surface area contributed by atoms with Crippen molar-refractivity contribution in [1.29, 1.82) is 0 Å². The molecule has 0 aliphatic rings. The van der Waals surface area contributed by atoms with E-state index in [1.54, 1.807) is 32.0 Å². The number of nitrogens with one attached hydrogen (secondary N) is 1. The number of nitrogens with zero attached hydrogens (tertiary/aromatic N) is 2. The molecule has 6 nitrogen and oxygen atoms in total. The van der Waals surface area contributed by atoms with Gasteiger partial charge in [0, 0.05) is 18.2 Å². The molecule has 2 heterocycles. The molecule has 0 atom stereocenters. The first-order valence-corrected chi connectivity index (χ1v) is 7.82. The first-order valence-electron chi connectivity index (χ1n) is 7.82. The largest absolute Gasteiger partial charge is 0.441 e. The zero-order chi connectivity index (χ0) is 17.4. The second-order valence-corrected chi connectivity index (χ2v) is 5.70. The van der Waals surface area contributed by atoms with Crippen LogP contribution in [0.15, 0.2) is 57.5 Å². The Morgan fingerprint density at radius 1 is 1.08 bits per heavy atom. The number of hydrogen-bond acceptors (Lipinski definition) is 5. The highest BCUT2D eigenvalue weighted by atomic mass is 16.5. The molecule has 0 radical (unpaired) electrons. The van der Waals surface area contributed by atoms with Crippen LogP contribution in [0.5, 0.6) is 0 Å². The Labute approximate surface area is 143 Å². The molecule has 4 rings (SSSR count). The number of benzene rings is 2. The fraction of sp³-hybridized carbons (Fsp3) is 0.105. The third-order valence-corrected chi connectivity index (χ3v) is 3.89. The van der Waals surface area contributed by atoms with Crippen molar-refractivity contribution in [3.63, 3.8) is 0 Å². The van der Waals surface area contributed by atoms with Crippen LogP contribution in [-0.2, 0) is 0 Å². The summed E-state index contributed by atoms with van der Waals surface area (Å²) in [6.45, 7) is 3.50. The standard InChI is InChI=1S/C19H15N3O3/c1-11-17(18(22-25-11)13-6-4-3-5-7-13)19(23)21-14-8-9-16-15(10-14)20-12(2)24-16/h3-10H,1-2H3,(H,21,23). The highest BCUT2D eigenvalue weighted by Gasteiger charge is 2.21. The molecule has 2 aromatic heterocycles. The summed E-state index contributed by atoms with van der Waals surface area (Å²) in [5.41, 5.74) is 3.77. The molecule has 0 spiro atoms. The van der Waals surface area contributed by atoms with E-state index >= 15 is 0 Å². The van der Waals surface area contributed by atoms with Crippen LogP contribution < -0.4 is 5.32 Å². The van der Waals surface area contributed by atoms with Gasteiger partial charge in [-0.2, -0.15) is 0 Å². The molecule has 0 bridgehead atoms. The van der Waals surface area contributed by atoms with Crippen molar-refractivity contribution < 1.29 is 13.7 Å². The number of anilines is 1. The van der Waals surface area contributed by atoms with Crippen LogP contribution in [0, 0.1) is 13.8 Å². The summed E-state index contributed by atoms with van der Waals surface area (Å²) in [6, 6.07) is 14.8. The summed E-state index contributed by atoms with van der Waals surface area (Å²) in [5.74, 6) is 0.770. The van der Waals surface area contributed by atoms with Gasteiger partial charge in [0.2, 0.25) is 0 Å². The minimum absolute atomic E-state index is 0.280. The lowest BCUT2D eigenvalue weighted by molar-refractivity contribution is 0.102. The van der Waals surface area contributed by atoms with Crippen molar-refractivity contribution in [1.82, 2.24) is 10.1 Å². The molecule has 0 unspecified atom stereocenters. The van der Waals surface area contributed by atoms with Crippen molar-refractivity contribution in [3.8, 4) is 11.3 Å². The topological polar surface area (TPSA) is 81.2 Å². The van der Waals surface area contributed by atoms with Crippen LogP contribution in [-0.4, -0.2) is 16.0 Å². The molecule has 4 aromatic rings. The van der Waals surface area contributed by atoms with E-state index in [0.29, 0.717) is 39.7 Å². The average molecular weight is 333 g/mol. The number of rotatable bonds is 3. The maximum absolute atomic E-state index is 12.8. The molecule has 1 amide bonds. The third kappa shape index (κ3) is 2.78. The lowest BCUT2D eigenvalue weighted by Crippen LogP contribution is -2.13. The molecule has 6 heteroatoms. The maximum Gasteiger partial charge on any atom is 0.261 e. The zero-order valence-corrected chi connectivity index (χ0v) is 13.7. The molecule has 0 aliphatic carbocycles. The van der Waals surface area contributed by atoms with E-state index in [4.69, 9.17) is 8.94 Å². The molecule has 124 valence electrons.